The van der Waals surface area contributed by atoms with Gasteiger partial charge in [0.1, 0.15) is 0 Å². The Morgan fingerprint density at radius 2 is 1.87 bits per heavy atom. The number of carboxylic acids is 1. The monoisotopic (exact) mass is 207 g/mol. The molecule has 3 N–H and O–H groups in total. The van der Waals surface area contributed by atoms with E-state index < -0.39 is 5.97 Å². The maximum atomic E-state index is 10.6. The molecule has 0 heterocycles. The van der Waals surface area contributed by atoms with Gasteiger partial charge in [-0.2, -0.15) is 0 Å². The van der Waals surface area contributed by atoms with Gasteiger partial charge in [0.25, 0.3) is 0 Å². The summed E-state index contributed by atoms with van der Waals surface area (Å²) in [7, 11) is 0. The number of unbranched alkanes of at least 4 members (excludes halogenated alkanes) is 1. The minimum atomic E-state index is -0.777. The van der Waals surface area contributed by atoms with Crippen molar-refractivity contribution >= 4 is 5.97 Å². The zero-order valence-corrected chi connectivity index (χ0v) is 8.78. The Bertz CT molecular complexity index is 323. The molecule has 1 aromatic rings. The van der Waals surface area contributed by atoms with Gasteiger partial charge in [-0.3, -0.25) is 4.79 Å². The number of aliphatic carboxylic acids is 1. The summed E-state index contributed by atoms with van der Waals surface area (Å²) in [5, 5.41) is 8.74. The molecule has 0 unspecified atom stereocenters. The molecule has 82 valence electrons. The fourth-order valence-corrected chi connectivity index (χ4v) is 1.60. The van der Waals surface area contributed by atoms with Gasteiger partial charge in [-0.1, -0.05) is 24.3 Å². The third-order valence-corrected chi connectivity index (χ3v) is 2.36. The van der Waals surface area contributed by atoms with Gasteiger partial charge < -0.3 is 10.8 Å². The fraction of sp³-hybridized carbons (Fsp3) is 0.417. The van der Waals surface area contributed by atoms with Crippen LogP contribution in [0, 0.1) is 0 Å². The van der Waals surface area contributed by atoms with E-state index in [9.17, 15) is 4.79 Å². The van der Waals surface area contributed by atoms with Gasteiger partial charge >= 0.3 is 5.97 Å². The molecule has 3 heteroatoms. The highest BCUT2D eigenvalue weighted by molar-refractivity contribution is 5.70. The van der Waals surface area contributed by atoms with Gasteiger partial charge in [0.2, 0.25) is 0 Å². The zero-order valence-electron chi connectivity index (χ0n) is 8.78. The van der Waals surface area contributed by atoms with Gasteiger partial charge in [-0.05, 0) is 36.9 Å². The third-order valence-electron chi connectivity index (χ3n) is 2.36. The van der Waals surface area contributed by atoms with Crippen LogP contribution in [-0.4, -0.2) is 17.6 Å². The Balaban J connectivity index is 2.64. The quantitative estimate of drug-likeness (QED) is 0.696. The van der Waals surface area contributed by atoms with Crippen molar-refractivity contribution in [3.05, 3.63) is 35.4 Å². The van der Waals surface area contributed by atoms with Crippen molar-refractivity contribution in [3.63, 3.8) is 0 Å². The van der Waals surface area contributed by atoms with Crippen LogP contribution in [0.4, 0.5) is 0 Å². The van der Waals surface area contributed by atoms with Crippen LogP contribution in [0.15, 0.2) is 24.3 Å². The summed E-state index contributed by atoms with van der Waals surface area (Å²) in [5.74, 6) is -0.777. The van der Waals surface area contributed by atoms with E-state index in [2.05, 4.69) is 0 Å². The summed E-state index contributed by atoms with van der Waals surface area (Å²) in [4.78, 5) is 10.6. The van der Waals surface area contributed by atoms with Gasteiger partial charge in [-0.25, -0.2) is 0 Å². The van der Waals surface area contributed by atoms with Gasteiger partial charge in [0.15, 0.2) is 0 Å². The van der Waals surface area contributed by atoms with E-state index in [-0.39, 0.29) is 6.42 Å². The molecule has 0 saturated heterocycles. The van der Waals surface area contributed by atoms with Crippen LogP contribution in [0.3, 0.4) is 0 Å². The van der Waals surface area contributed by atoms with Crippen LogP contribution in [0.5, 0.6) is 0 Å². The van der Waals surface area contributed by atoms with Crippen molar-refractivity contribution < 1.29 is 9.90 Å². The molecule has 0 amide bonds. The summed E-state index contributed by atoms with van der Waals surface area (Å²) in [6.45, 7) is 0.696. The number of nitrogens with two attached hydrogens (primary N) is 1. The predicted molar refractivity (Wildman–Crippen MR) is 59.8 cm³/mol. The molecule has 1 rings (SSSR count). The van der Waals surface area contributed by atoms with Crippen LogP contribution in [0.2, 0.25) is 0 Å². The van der Waals surface area contributed by atoms with Crippen molar-refractivity contribution in [2.45, 2.75) is 25.7 Å². The summed E-state index contributed by atoms with van der Waals surface area (Å²) >= 11 is 0. The Morgan fingerprint density at radius 1 is 1.20 bits per heavy atom. The number of rotatable bonds is 6. The molecule has 0 bridgehead atoms. The Kier molecular flexibility index (Phi) is 4.84. The van der Waals surface area contributed by atoms with Gasteiger partial charge in [0.05, 0.1) is 6.42 Å². The van der Waals surface area contributed by atoms with E-state index in [1.807, 2.05) is 24.3 Å². The molecule has 0 radical (unpaired) electrons. The highest BCUT2D eigenvalue weighted by Gasteiger charge is 2.05. The highest BCUT2D eigenvalue weighted by atomic mass is 16.4. The van der Waals surface area contributed by atoms with E-state index in [0.717, 1.165) is 30.4 Å². The molecule has 0 spiro atoms. The second-order valence-electron chi connectivity index (χ2n) is 3.59. The standard InChI is InChI=1S/C12H17NO2/c13-8-4-3-6-10-5-1-2-7-11(10)9-12(14)15/h1-2,5,7H,3-4,6,8-9,13H2,(H,14,15). The molecule has 0 fully saturated rings. The topological polar surface area (TPSA) is 63.3 Å². The number of hydrogen-bond acceptors (Lipinski definition) is 2. The molecule has 1 aromatic carbocycles. The average Bonchev–Trinajstić information content (AvgIpc) is 2.20. The van der Waals surface area contributed by atoms with Crippen molar-refractivity contribution in [2.24, 2.45) is 5.73 Å². The maximum absolute atomic E-state index is 10.6. The second kappa shape index (κ2) is 6.19. The van der Waals surface area contributed by atoms with Crippen molar-refractivity contribution in [1.82, 2.24) is 0 Å². The summed E-state index contributed by atoms with van der Waals surface area (Å²) < 4.78 is 0. The Morgan fingerprint density at radius 3 is 2.47 bits per heavy atom. The minimum Gasteiger partial charge on any atom is -0.481 e. The first-order chi connectivity index (χ1) is 7.24. The lowest BCUT2D eigenvalue weighted by Gasteiger charge is -2.06. The molecule has 0 aliphatic heterocycles. The van der Waals surface area contributed by atoms with Crippen molar-refractivity contribution in [2.75, 3.05) is 6.54 Å². The van der Waals surface area contributed by atoms with Gasteiger partial charge in [-0.15, -0.1) is 0 Å². The first kappa shape index (κ1) is 11.7. The molecule has 0 atom stereocenters. The number of carbonyl (C=O) groups is 1. The van der Waals surface area contributed by atoms with Crippen LogP contribution in [-0.2, 0) is 17.6 Å². The maximum Gasteiger partial charge on any atom is 0.307 e. The number of aryl methyl sites for hydroxylation is 1. The van der Waals surface area contributed by atoms with Crippen LogP contribution < -0.4 is 5.73 Å². The number of carboxylic acid groups (broad SMARTS) is 1. The van der Waals surface area contributed by atoms with E-state index in [0.29, 0.717) is 6.54 Å². The van der Waals surface area contributed by atoms with Crippen molar-refractivity contribution in [1.29, 1.82) is 0 Å². The molecule has 0 aliphatic carbocycles. The summed E-state index contributed by atoms with van der Waals surface area (Å²) in [6.07, 6.45) is 3.04. The molecule has 15 heavy (non-hydrogen) atoms. The van der Waals surface area contributed by atoms with Crippen LogP contribution in [0.1, 0.15) is 24.0 Å². The van der Waals surface area contributed by atoms with E-state index in [4.69, 9.17) is 10.8 Å². The lowest BCUT2D eigenvalue weighted by Crippen LogP contribution is -2.04. The van der Waals surface area contributed by atoms with Crippen LogP contribution in [0.25, 0.3) is 0 Å². The fourth-order valence-electron chi connectivity index (χ4n) is 1.60. The van der Waals surface area contributed by atoms with E-state index in [1.165, 1.54) is 0 Å². The first-order valence-electron chi connectivity index (χ1n) is 5.22. The normalized spacial score (nSPS) is 10.2. The lowest BCUT2D eigenvalue weighted by molar-refractivity contribution is -0.136. The molecule has 3 nitrogen and oxygen atoms in total. The smallest absolute Gasteiger partial charge is 0.307 e. The zero-order chi connectivity index (χ0) is 11.1. The average molecular weight is 207 g/mol. The summed E-state index contributed by atoms with van der Waals surface area (Å²) in [5.41, 5.74) is 7.47. The second-order valence-corrected chi connectivity index (χ2v) is 3.59. The SMILES string of the molecule is NCCCCc1ccccc1CC(=O)O. The van der Waals surface area contributed by atoms with Crippen molar-refractivity contribution in [3.8, 4) is 0 Å². The molecule has 0 aliphatic rings. The molecule has 0 saturated carbocycles. The highest BCUT2D eigenvalue weighted by Crippen LogP contribution is 2.12. The predicted octanol–water partition coefficient (Wildman–Crippen LogP) is 1.60. The number of hydrogen-bond donors (Lipinski definition) is 2. The summed E-state index contributed by atoms with van der Waals surface area (Å²) in [6, 6.07) is 7.70. The third kappa shape index (κ3) is 4.13. The first-order valence-corrected chi connectivity index (χ1v) is 5.22. The number of benzene rings is 1. The molecular weight excluding hydrogens is 190 g/mol. The lowest BCUT2D eigenvalue weighted by atomic mass is 10.00. The minimum absolute atomic E-state index is 0.110. The van der Waals surface area contributed by atoms with E-state index >= 15 is 0 Å². The largest absolute Gasteiger partial charge is 0.481 e. The van der Waals surface area contributed by atoms with Crippen LogP contribution >= 0.6 is 0 Å². The van der Waals surface area contributed by atoms with Gasteiger partial charge in [0, 0.05) is 0 Å². The molecular formula is C12H17NO2. The van der Waals surface area contributed by atoms with E-state index in [1.54, 1.807) is 0 Å². The molecule has 0 aromatic heterocycles. The Hall–Kier alpha value is -1.35. The Labute approximate surface area is 89.9 Å².